The monoisotopic (exact) mass is 404 g/mol. The lowest BCUT2D eigenvalue weighted by Crippen LogP contribution is -2.46. The van der Waals surface area contributed by atoms with Gasteiger partial charge in [0.05, 0.1) is 6.20 Å². The van der Waals surface area contributed by atoms with Crippen molar-refractivity contribution in [3.8, 4) is 0 Å². The summed E-state index contributed by atoms with van der Waals surface area (Å²) in [4.78, 5) is 33.7. The fourth-order valence-electron chi connectivity index (χ4n) is 3.29. The Balaban J connectivity index is 1.54. The van der Waals surface area contributed by atoms with Gasteiger partial charge in [0.2, 0.25) is 5.91 Å². The van der Waals surface area contributed by atoms with Gasteiger partial charge in [0, 0.05) is 22.0 Å². The molecule has 25 heavy (non-hydrogen) atoms. The van der Waals surface area contributed by atoms with Crippen LogP contribution in [0.25, 0.3) is 0 Å². The quantitative estimate of drug-likeness (QED) is 0.852. The summed E-state index contributed by atoms with van der Waals surface area (Å²) in [7, 11) is 0. The summed E-state index contributed by atoms with van der Waals surface area (Å²) in [6, 6.07) is 5.61. The van der Waals surface area contributed by atoms with Crippen molar-refractivity contribution in [2.24, 2.45) is 0 Å². The van der Waals surface area contributed by atoms with Crippen LogP contribution in [0, 0.1) is 5.82 Å². The summed E-state index contributed by atoms with van der Waals surface area (Å²) in [5.41, 5.74) is 1.62. The highest BCUT2D eigenvalue weighted by molar-refractivity contribution is 9.10. The van der Waals surface area contributed by atoms with Crippen molar-refractivity contribution < 1.29 is 14.0 Å². The van der Waals surface area contributed by atoms with E-state index in [1.165, 1.54) is 4.90 Å². The molecule has 1 aromatic carbocycles. The van der Waals surface area contributed by atoms with Crippen molar-refractivity contribution in [2.75, 3.05) is 18.4 Å². The zero-order chi connectivity index (χ0) is 17.6. The zero-order valence-electron chi connectivity index (χ0n) is 13.1. The molecule has 2 aliphatic rings. The Labute approximate surface area is 151 Å². The molecule has 0 unspecified atom stereocenters. The molecule has 0 bridgehead atoms. The number of nitrogens with zero attached hydrogens (tertiary/aromatic N) is 3. The first kappa shape index (κ1) is 16.1. The van der Waals surface area contributed by atoms with E-state index < -0.39 is 11.7 Å². The Morgan fingerprint density at radius 3 is 2.92 bits per heavy atom. The molecular formula is C17H14BrFN4O2. The van der Waals surface area contributed by atoms with E-state index in [0.717, 1.165) is 35.4 Å². The third-order valence-corrected chi connectivity index (χ3v) is 5.17. The van der Waals surface area contributed by atoms with E-state index in [-0.39, 0.29) is 23.7 Å². The lowest BCUT2D eigenvalue weighted by atomic mass is 9.86. The van der Waals surface area contributed by atoms with E-state index in [2.05, 4.69) is 31.2 Å². The molecule has 4 rings (SSSR count). The average molecular weight is 405 g/mol. The van der Waals surface area contributed by atoms with Crippen LogP contribution in [0.2, 0.25) is 0 Å². The van der Waals surface area contributed by atoms with E-state index in [0.29, 0.717) is 12.1 Å². The lowest BCUT2D eigenvalue weighted by Gasteiger charge is -2.34. The molecular weight excluding hydrogens is 391 g/mol. The van der Waals surface area contributed by atoms with Gasteiger partial charge in [-0.3, -0.25) is 9.59 Å². The Morgan fingerprint density at radius 1 is 1.40 bits per heavy atom. The molecule has 128 valence electrons. The summed E-state index contributed by atoms with van der Waals surface area (Å²) < 4.78 is 14.5. The number of anilines is 1. The van der Waals surface area contributed by atoms with Gasteiger partial charge in [-0.2, -0.15) is 0 Å². The number of benzene rings is 1. The summed E-state index contributed by atoms with van der Waals surface area (Å²) in [5.74, 6) is -1.56. The smallest absolute Gasteiger partial charge is 0.254 e. The van der Waals surface area contributed by atoms with Crippen molar-refractivity contribution in [1.82, 2.24) is 14.9 Å². The van der Waals surface area contributed by atoms with Gasteiger partial charge in [0.15, 0.2) is 11.6 Å². The van der Waals surface area contributed by atoms with Gasteiger partial charge < -0.3 is 10.2 Å². The lowest BCUT2D eigenvalue weighted by molar-refractivity contribution is -0.117. The number of halogens is 2. The predicted molar refractivity (Wildman–Crippen MR) is 91.6 cm³/mol. The Kier molecular flexibility index (Phi) is 3.79. The first-order valence-electron chi connectivity index (χ1n) is 7.83. The van der Waals surface area contributed by atoms with Crippen molar-refractivity contribution in [3.63, 3.8) is 0 Å². The van der Waals surface area contributed by atoms with Gasteiger partial charge >= 0.3 is 0 Å². The topological polar surface area (TPSA) is 75.2 Å². The van der Waals surface area contributed by atoms with Crippen molar-refractivity contribution in [3.05, 3.63) is 52.1 Å². The Bertz CT molecular complexity index is 885. The summed E-state index contributed by atoms with van der Waals surface area (Å²) in [6.45, 7) is 0.356. The highest BCUT2D eigenvalue weighted by Crippen LogP contribution is 2.52. The summed E-state index contributed by atoms with van der Waals surface area (Å²) in [5, 5.41) is 2.39. The van der Waals surface area contributed by atoms with Gasteiger partial charge in [-0.25, -0.2) is 14.4 Å². The van der Waals surface area contributed by atoms with Crippen LogP contribution in [0.5, 0.6) is 0 Å². The van der Waals surface area contributed by atoms with Crippen LogP contribution < -0.4 is 5.32 Å². The fraction of sp³-hybridized carbons (Fsp3) is 0.294. The largest absolute Gasteiger partial charge is 0.328 e. The molecule has 6 nitrogen and oxygen atoms in total. The van der Waals surface area contributed by atoms with E-state index in [1.54, 1.807) is 6.07 Å². The molecule has 0 radical (unpaired) electrons. The maximum atomic E-state index is 13.5. The molecule has 0 saturated heterocycles. The first-order valence-corrected chi connectivity index (χ1v) is 8.62. The summed E-state index contributed by atoms with van der Waals surface area (Å²) in [6.07, 6.45) is 4.10. The van der Waals surface area contributed by atoms with Crippen molar-refractivity contribution in [1.29, 1.82) is 0 Å². The number of hydrogen-bond donors (Lipinski definition) is 1. The summed E-state index contributed by atoms with van der Waals surface area (Å²) >= 11 is 3.45. The number of rotatable bonds is 3. The molecule has 1 aromatic heterocycles. The third-order valence-electron chi connectivity index (χ3n) is 4.68. The highest BCUT2D eigenvalue weighted by Gasteiger charge is 2.51. The molecule has 1 fully saturated rings. The maximum Gasteiger partial charge on any atom is 0.254 e. The number of nitrogens with one attached hydrogen (secondary N) is 1. The molecule has 1 spiro atoms. The Morgan fingerprint density at radius 2 is 2.20 bits per heavy atom. The van der Waals surface area contributed by atoms with Crippen LogP contribution in [-0.4, -0.2) is 39.8 Å². The van der Waals surface area contributed by atoms with Gasteiger partial charge in [-0.05, 0) is 36.6 Å². The predicted octanol–water partition coefficient (Wildman–Crippen LogP) is 2.50. The van der Waals surface area contributed by atoms with Crippen molar-refractivity contribution in [2.45, 2.75) is 18.3 Å². The maximum absolute atomic E-state index is 13.5. The minimum absolute atomic E-state index is 0.0620. The molecule has 8 heteroatoms. The van der Waals surface area contributed by atoms with E-state index in [1.807, 2.05) is 12.1 Å². The van der Waals surface area contributed by atoms with Gasteiger partial charge in [-0.1, -0.05) is 15.9 Å². The Hall–Kier alpha value is -2.35. The average Bonchev–Trinajstić information content (AvgIpc) is 3.35. The molecule has 1 aliphatic heterocycles. The van der Waals surface area contributed by atoms with Crippen LogP contribution >= 0.6 is 15.9 Å². The van der Waals surface area contributed by atoms with Crippen molar-refractivity contribution >= 4 is 33.6 Å². The van der Waals surface area contributed by atoms with Crippen LogP contribution in [0.15, 0.2) is 35.2 Å². The number of carbonyl (C=O) groups excluding carboxylic acids is 2. The second kappa shape index (κ2) is 5.87. The second-order valence-corrected chi connectivity index (χ2v) is 7.31. The molecule has 0 atom stereocenters. The normalized spacial score (nSPS) is 17.4. The molecule has 2 aromatic rings. The number of hydrogen-bond acceptors (Lipinski definition) is 4. The first-order chi connectivity index (χ1) is 12.0. The second-order valence-electron chi connectivity index (χ2n) is 6.40. The number of amides is 2. The number of fused-ring (bicyclic) bond motifs is 2. The number of aromatic nitrogens is 2. The number of carbonyl (C=O) groups is 2. The van der Waals surface area contributed by atoms with Crippen LogP contribution in [-0.2, 0) is 10.2 Å². The van der Waals surface area contributed by atoms with Crippen LogP contribution in [0.4, 0.5) is 10.2 Å². The minimum atomic E-state index is -0.713. The third kappa shape index (κ3) is 2.90. The molecule has 1 saturated carbocycles. The van der Waals surface area contributed by atoms with Gasteiger partial charge in [0.1, 0.15) is 12.9 Å². The van der Waals surface area contributed by atoms with Gasteiger partial charge in [-0.15, -0.1) is 0 Å². The van der Waals surface area contributed by atoms with Gasteiger partial charge in [0.25, 0.3) is 5.91 Å². The fourth-order valence-corrected chi connectivity index (χ4v) is 3.65. The molecule has 1 N–H and O–H groups in total. The van der Waals surface area contributed by atoms with E-state index in [4.69, 9.17) is 0 Å². The highest BCUT2D eigenvalue weighted by atomic mass is 79.9. The molecule has 1 aliphatic carbocycles. The molecule has 2 amide bonds. The van der Waals surface area contributed by atoms with E-state index in [9.17, 15) is 14.0 Å². The standard InChI is InChI=1S/C17H14BrFN4O2/c18-10-1-2-11-12(5-10)17(3-4-17)8-23(16(11)25)7-14(24)22-15-13(19)6-20-9-21-15/h1-2,5-6,9H,3-4,7-8H2,(H,20,21,22,24). The minimum Gasteiger partial charge on any atom is -0.328 e. The molecule has 2 heterocycles. The van der Waals surface area contributed by atoms with Crippen LogP contribution in [0.3, 0.4) is 0 Å². The van der Waals surface area contributed by atoms with Crippen LogP contribution in [0.1, 0.15) is 28.8 Å². The van der Waals surface area contributed by atoms with E-state index >= 15 is 0 Å². The SMILES string of the molecule is O=C(CN1CC2(CC2)c2cc(Br)ccc2C1=O)Nc1ncncc1F. The zero-order valence-corrected chi connectivity index (χ0v) is 14.7.